The van der Waals surface area contributed by atoms with Gasteiger partial charge in [-0.3, -0.25) is 0 Å². The fourth-order valence-electron chi connectivity index (χ4n) is 1.09. The lowest BCUT2D eigenvalue weighted by atomic mass is 10.2. The van der Waals surface area contributed by atoms with Gasteiger partial charge in [0.2, 0.25) is 0 Å². The zero-order valence-electron chi connectivity index (χ0n) is 7.41. The standard InChI is InChI=1S/C8H10O6/c1-2-3-4-13-5(7(9)10)6(14-4)8(11)12/h2-6H,1H3,(H,9,10)(H,11,12)/b3-2+/t5-,6-/m1/s1. The number of hydrogen-bond acceptors (Lipinski definition) is 4. The quantitative estimate of drug-likeness (QED) is 0.618. The minimum Gasteiger partial charge on any atom is -0.479 e. The van der Waals surface area contributed by atoms with E-state index in [4.69, 9.17) is 19.7 Å². The van der Waals surface area contributed by atoms with Gasteiger partial charge in [-0.15, -0.1) is 0 Å². The average molecular weight is 202 g/mol. The van der Waals surface area contributed by atoms with Crippen LogP contribution in [0.5, 0.6) is 0 Å². The molecule has 0 spiro atoms. The highest BCUT2D eigenvalue weighted by Crippen LogP contribution is 2.20. The van der Waals surface area contributed by atoms with Crippen molar-refractivity contribution in [1.29, 1.82) is 0 Å². The van der Waals surface area contributed by atoms with Crippen LogP contribution in [0.2, 0.25) is 0 Å². The van der Waals surface area contributed by atoms with E-state index in [0.29, 0.717) is 0 Å². The van der Waals surface area contributed by atoms with Crippen LogP contribution in [0.4, 0.5) is 0 Å². The molecule has 1 rings (SSSR count). The molecule has 0 bridgehead atoms. The van der Waals surface area contributed by atoms with Crippen molar-refractivity contribution in [3.63, 3.8) is 0 Å². The van der Waals surface area contributed by atoms with Gasteiger partial charge in [0.05, 0.1) is 0 Å². The van der Waals surface area contributed by atoms with Gasteiger partial charge in [-0.05, 0) is 13.0 Å². The summed E-state index contributed by atoms with van der Waals surface area (Å²) in [5.74, 6) is -2.69. The number of carbonyl (C=O) groups is 2. The first-order valence-electron chi connectivity index (χ1n) is 3.95. The third kappa shape index (κ3) is 2.09. The van der Waals surface area contributed by atoms with Crippen molar-refractivity contribution in [2.45, 2.75) is 25.4 Å². The van der Waals surface area contributed by atoms with Crippen LogP contribution < -0.4 is 0 Å². The van der Waals surface area contributed by atoms with Crippen LogP contribution >= 0.6 is 0 Å². The molecule has 2 N–H and O–H groups in total. The third-order valence-corrected chi connectivity index (χ3v) is 1.67. The summed E-state index contributed by atoms with van der Waals surface area (Å²) >= 11 is 0. The Morgan fingerprint density at radius 3 is 1.86 bits per heavy atom. The lowest BCUT2D eigenvalue weighted by molar-refractivity contribution is -0.156. The van der Waals surface area contributed by atoms with E-state index in [2.05, 4.69) is 0 Å². The van der Waals surface area contributed by atoms with Crippen LogP contribution in [0.15, 0.2) is 12.2 Å². The molecule has 0 radical (unpaired) electrons. The third-order valence-electron chi connectivity index (χ3n) is 1.67. The van der Waals surface area contributed by atoms with E-state index >= 15 is 0 Å². The molecule has 1 aliphatic heterocycles. The van der Waals surface area contributed by atoms with Crippen molar-refractivity contribution >= 4 is 11.9 Å². The molecule has 1 fully saturated rings. The Morgan fingerprint density at radius 1 is 1.14 bits per heavy atom. The summed E-state index contributed by atoms with van der Waals surface area (Å²) in [7, 11) is 0. The number of allylic oxidation sites excluding steroid dienone is 1. The van der Waals surface area contributed by atoms with Gasteiger partial charge in [0.15, 0.2) is 18.5 Å². The van der Waals surface area contributed by atoms with Crippen molar-refractivity contribution in [3.05, 3.63) is 12.2 Å². The Kier molecular flexibility index (Phi) is 3.21. The van der Waals surface area contributed by atoms with Crippen LogP contribution in [-0.2, 0) is 19.1 Å². The molecule has 2 atom stereocenters. The second-order valence-electron chi connectivity index (χ2n) is 2.68. The fraction of sp³-hybridized carbons (Fsp3) is 0.500. The van der Waals surface area contributed by atoms with Gasteiger partial charge in [0.1, 0.15) is 0 Å². The second kappa shape index (κ2) is 4.21. The largest absolute Gasteiger partial charge is 0.479 e. The molecule has 1 aliphatic rings. The molecule has 78 valence electrons. The Morgan fingerprint density at radius 2 is 1.57 bits per heavy atom. The lowest BCUT2D eigenvalue weighted by Crippen LogP contribution is -2.36. The number of aliphatic carboxylic acids is 2. The number of rotatable bonds is 3. The molecule has 6 nitrogen and oxygen atoms in total. The number of hydrogen-bond donors (Lipinski definition) is 2. The maximum absolute atomic E-state index is 10.6. The predicted molar refractivity (Wildman–Crippen MR) is 43.6 cm³/mol. The van der Waals surface area contributed by atoms with Crippen LogP contribution in [0.25, 0.3) is 0 Å². The van der Waals surface area contributed by atoms with Crippen molar-refractivity contribution in [1.82, 2.24) is 0 Å². The molecule has 1 heterocycles. The monoisotopic (exact) mass is 202 g/mol. The first-order chi connectivity index (χ1) is 6.56. The molecule has 0 aromatic rings. The number of ether oxygens (including phenoxy) is 2. The molecule has 14 heavy (non-hydrogen) atoms. The molecule has 0 aliphatic carbocycles. The average Bonchev–Trinajstić information content (AvgIpc) is 2.49. The Labute approximate surface area is 79.7 Å². The molecule has 0 amide bonds. The molecule has 1 saturated heterocycles. The van der Waals surface area contributed by atoms with Gasteiger partial charge < -0.3 is 19.7 Å². The minimum atomic E-state index is -1.45. The van der Waals surface area contributed by atoms with Crippen LogP contribution in [0.1, 0.15) is 6.92 Å². The molecule has 6 heteroatoms. The van der Waals surface area contributed by atoms with E-state index in [9.17, 15) is 9.59 Å². The summed E-state index contributed by atoms with van der Waals surface area (Å²) in [5, 5.41) is 17.3. The zero-order valence-corrected chi connectivity index (χ0v) is 7.41. The van der Waals surface area contributed by atoms with E-state index in [-0.39, 0.29) is 0 Å². The Hall–Kier alpha value is -1.40. The molecular weight excluding hydrogens is 192 g/mol. The smallest absolute Gasteiger partial charge is 0.336 e. The summed E-state index contributed by atoms with van der Waals surface area (Å²) in [6, 6.07) is 0. The predicted octanol–water partition coefficient (Wildman–Crippen LogP) is -0.158. The highest BCUT2D eigenvalue weighted by molar-refractivity contribution is 5.84. The number of carboxylic acids is 2. The van der Waals surface area contributed by atoms with Gasteiger partial charge >= 0.3 is 11.9 Å². The maximum atomic E-state index is 10.6. The van der Waals surface area contributed by atoms with E-state index in [0.717, 1.165) is 0 Å². The van der Waals surface area contributed by atoms with E-state index in [1.165, 1.54) is 6.08 Å². The van der Waals surface area contributed by atoms with Crippen LogP contribution in [0, 0.1) is 0 Å². The van der Waals surface area contributed by atoms with Gasteiger partial charge in [-0.1, -0.05) is 6.08 Å². The highest BCUT2D eigenvalue weighted by Gasteiger charge is 2.44. The highest BCUT2D eigenvalue weighted by atomic mass is 16.7. The SMILES string of the molecule is C/C=C/C1O[C@@H](C(=O)O)[C@H](C(=O)O)O1. The minimum absolute atomic E-state index is 0.901. The van der Waals surface area contributed by atoms with Crippen molar-refractivity contribution in [2.24, 2.45) is 0 Å². The Bertz CT molecular complexity index is 249. The molecule has 0 unspecified atom stereocenters. The van der Waals surface area contributed by atoms with E-state index in [1.54, 1.807) is 13.0 Å². The van der Waals surface area contributed by atoms with Gasteiger partial charge in [0.25, 0.3) is 0 Å². The van der Waals surface area contributed by atoms with E-state index < -0.39 is 30.4 Å². The van der Waals surface area contributed by atoms with Crippen molar-refractivity contribution in [3.8, 4) is 0 Å². The van der Waals surface area contributed by atoms with Gasteiger partial charge in [-0.2, -0.15) is 0 Å². The molecule has 0 aromatic carbocycles. The normalized spacial score (nSPS) is 28.4. The summed E-state index contributed by atoms with van der Waals surface area (Å²) < 4.78 is 9.70. The topological polar surface area (TPSA) is 93.1 Å². The van der Waals surface area contributed by atoms with E-state index in [1.807, 2.05) is 0 Å². The maximum Gasteiger partial charge on any atom is 0.336 e. The Balaban J connectivity index is 2.74. The first kappa shape index (κ1) is 10.7. The summed E-state index contributed by atoms with van der Waals surface area (Å²) in [4.78, 5) is 21.1. The lowest BCUT2D eigenvalue weighted by Gasteiger charge is -2.06. The molecular formula is C8H10O6. The van der Waals surface area contributed by atoms with Crippen molar-refractivity contribution < 1.29 is 29.3 Å². The van der Waals surface area contributed by atoms with Gasteiger partial charge in [0, 0.05) is 0 Å². The first-order valence-corrected chi connectivity index (χ1v) is 3.95. The van der Waals surface area contributed by atoms with Gasteiger partial charge in [-0.25, -0.2) is 9.59 Å². The van der Waals surface area contributed by atoms with Crippen LogP contribution in [-0.4, -0.2) is 40.6 Å². The molecule has 0 saturated carbocycles. The zero-order chi connectivity index (χ0) is 10.7. The summed E-state index contributed by atoms with van der Waals surface area (Å²) in [5.41, 5.74) is 0. The van der Waals surface area contributed by atoms with Crippen molar-refractivity contribution in [2.75, 3.05) is 0 Å². The van der Waals surface area contributed by atoms with Crippen LogP contribution in [0.3, 0.4) is 0 Å². The number of carboxylic acid groups (broad SMARTS) is 2. The summed E-state index contributed by atoms with van der Waals surface area (Å²) in [6.45, 7) is 1.69. The summed E-state index contributed by atoms with van der Waals surface area (Å²) in [6.07, 6.45) is -0.767. The molecule has 0 aromatic heterocycles. The fourth-order valence-corrected chi connectivity index (χ4v) is 1.09. The second-order valence-corrected chi connectivity index (χ2v) is 2.68.